The first kappa shape index (κ1) is 15.5. The van der Waals surface area contributed by atoms with E-state index in [2.05, 4.69) is 0 Å². The molecule has 0 bridgehead atoms. The lowest BCUT2D eigenvalue weighted by Gasteiger charge is -2.23. The third-order valence-corrected chi connectivity index (χ3v) is 4.15. The summed E-state index contributed by atoms with van der Waals surface area (Å²) >= 11 is 0. The van der Waals surface area contributed by atoms with Crippen molar-refractivity contribution < 1.29 is 4.74 Å². The van der Waals surface area contributed by atoms with Gasteiger partial charge < -0.3 is 10.5 Å². The van der Waals surface area contributed by atoms with Crippen molar-refractivity contribution in [1.82, 2.24) is 0 Å². The molecule has 106 valence electrons. The van der Waals surface area contributed by atoms with Crippen molar-refractivity contribution in [2.45, 2.75) is 65.2 Å². The van der Waals surface area contributed by atoms with Crippen LogP contribution in [0.3, 0.4) is 0 Å². The van der Waals surface area contributed by atoms with Crippen molar-refractivity contribution in [3.8, 4) is 0 Å². The van der Waals surface area contributed by atoms with Crippen LogP contribution in [0.15, 0.2) is 0 Å². The van der Waals surface area contributed by atoms with E-state index in [0.29, 0.717) is 5.84 Å². The highest BCUT2D eigenvalue weighted by atomic mass is 16.5. The van der Waals surface area contributed by atoms with Gasteiger partial charge in [0.15, 0.2) is 0 Å². The molecule has 0 aromatic heterocycles. The Morgan fingerprint density at radius 3 is 2.50 bits per heavy atom. The van der Waals surface area contributed by atoms with E-state index < -0.39 is 0 Å². The number of hydrogen-bond donors (Lipinski definition) is 2. The molecule has 0 aromatic carbocycles. The van der Waals surface area contributed by atoms with Gasteiger partial charge in [0.05, 0.1) is 5.84 Å². The Balaban J connectivity index is 1.97. The molecule has 0 aromatic rings. The number of amidine groups is 1. The number of rotatable bonds is 8. The first-order chi connectivity index (χ1) is 8.52. The molecule has 0 spiro atoms. The molecule has 3 heteroatoms. The van der Waals surface area contributed by atoms with Gasteiger partial charge in [0.1, 0.15) is 0 Å². The monoisotopic (exact) mass is 254 g/mol. The lowest BCUT2D eigenvalue weighted by Crippen LogP contribution is -2.30. The Labute approximate surface area is 112 Å². The van der Waals surface area contributed by atoms with E-state index in [0.717, 1.165) is 38.4 Å². The van der Waals surface area contributed by atoms with Crippen LogP contribution in [0.1, 0.15) is 65.2 Å². The van der Waals surface area contributed by atoms with Crippen molar-refractivity contribution in [2.75, 3.05) is 13.2 Å². The average Bonchev–Trinajstić information content (AvgIpc) is 2.34. The van der Waals surface area contributed by atoms with Crippen molar-refractivity contribution in [2.24, 2.45) is 17.1 Å². The van der Waals surface area contributed by atoms with Crippen molar-refractivity contribution >= 4 is 5.84 Å². The highest BCUT2D eigenvalue weighted by Crippen LogP contribution is 2.24. The maximum absolute atomic E-state index is 7.49. The van der Waals surface area contributed by atoms with E-state index in [9.17, 15) is 0 Å². The van der Waals surface area contributed by atoms with E-state index in [1.165, 1.54) is 32.1 Å². The highest BCUT2D eigenvalue weighted by Gasteiger charge is 2.20. The van der Waals surface area contributed by atoms with Gasteiger partial charge >= 0.3 is 0 Å². The van der Waals surface area contributed by atoms with Crippen molar-refractivity contribution in [3.05, 3.63) is 0 Å². The third-order valence-electron chi connectivity index (χ3n) is 4.15. The van der Waals surface area contributed by atoms with Crippen LogP contribution < -0.4 is 5.73 Å². The summed E-state index contributed by atoms with van der Waals surface area (Å²) in [4.78, 5) is 0. The summed E-state index contributed by atoms with van der Waals surface area (Å²) in [5, 5.41) is 7.49. The lowest BCUT2D eigenvalue weighted by molar-refractivity contribution is 0.0817. The van der Waals surface area contributed by atoms with Gasteiger partial charge in [-0.1, -0.05) is 39.5 Å². The highest BCUT2D eigenvalue weighted by molar-refractivity contribution is 5.82. The van der Waals surface area contributed by atoms with Crippen molar-refractivity contribution in [1.29, 1.82) is 5.41 Å². The number of hydrogen-bond acceptors (Lipinski definition) is 2. The Hall–Kier alpha value is -0.570. The van der Waals surface area contributed by atoms with Crippen LogP contribution in [0.4, 0.5) is 0 Å². The molecular weight excluding hydrogens is 224 g/mol. The second-order valence-electron chi connectivity index (χ2n) is 6.33. The number of unbranched alkanes of at least 4 members (excludes halogenated alkanes) is 1. The fourth-order valence-electron chi connectivity index (χ4n) is 2.51. The van der Waals surface area contributed by atoms with E-state index in [-0.39, 0.29) is 5.41 Å². The van der Waals surface area contributed by atoms with E-state index >= 15 is 0 Å². The van der Waals surface area contributed by atoms with E-state index in [1.54, 1.807) is 0 Å². The van der Waals surface area contributed by atoms with Gasteiger partial charge in [-0.3, -0.25) is 5.41 Å². The topological polar surface area (TPSA) is 59.1 Å². The molecule has 1 saturated carbocycles. The van der Waals surface area contributed by atoms with Gasteiger partial charge in [-0.15, -0.1) is 0 Å². The molecule has 3 nitrogen and oxygen atoms in total. The molecule has 1 rings (SSSR count). The Bertz CT molecular complexity index is 245. The van der Waals surface area contributed by atoms with Gasteiger partial charge in [0.25, 0.3) is 0 Å². The molecular formula is C15H30N2O. The van der Waals surface area contributed by atoms with Crippen LogP contribution in [0.5, 0.6) is 0 Å². The minimum atomic E-state index is -0.149. The zero-order valence-electron chi connectivity index (χ0n) is 12.1. The fourth-order valence-corrected chi connectivity index (χ4v) is 2.51. The normalized spacial score (nSPS) is 17.9. The minimum absolute atomic E-state index is 0.149. The summed E-state index contributed by atoms with van der Waals surface area (Å²) in [7, 11) is 0. The average molecular weight is 254 g/mol. The van der Waals surface area contributed by atoms with Gasteiger partial charge in [0, 0.05) is 18.6 Å². The first-order valence-corrected chi connectivity index (χ1v) is 7.44. The SMILES string of the molecule is CC(C)(CCCCOCC1CCCCC1)C(=N)N. The third kappa shape index (κ3) is 5.85. The molecule has 0 radical (unpaired) electrons. The summed E-state index contributed by atoms with van der Waals surface area (Å²) in [5.41, 5.74) is 5.41. The summed E-state index contributed by atoms with van der Waals surface area (Å²) in [6, 6.07) is 0. The predicted molar refractivity (Wildman–Crippen MR) is 76.9 cm³/mol. The standard InChI is InChI=1S/C15H30N2O/c1-15(2,14(16)17)10-6-7-11-18-12-13-8-4-3-5-9-13/h13H,3-12H2,1-2H3,(H3,16,17). The Morgan fingerprint density at radius 2 is 1.89 bits per heavy atom. The van der Waals surface area contributed by atoms with E-state index in [1.807, 2.05) is 13.8 Å². The minimum Gasteiger partial charge on any atom is -0.387 e. The molecule has 1 fully saturated rings. The zero-order chi connectivity index (χ0) is 13.4. The van der Waals surface area contributed by atoms with Crippen LogP contribution in [-0.2, 0) is 4.74 Å². The molecule has 0 saturated heterocycles. The molecule has 18 heavy (non-hydrogen) atoms. The summed E-state index contributed by atoms with van der Waals surface area (Å²) < 4.78 is 5.76. The van der Waals surface area contributed by atoms with Crippen molar-refractivity contribution in [3.63, 3.8) is 0 Å². The summed E-state index contributed by atoms with van der Waals surface area (Å²) in [6.07, 6.45) is 10.1. The molecule has 0 heterocycles. The van der Waals surface area contributed by atoms with Gasteiger partial charge in [0.2, 0.25) is 0 Å². The Kier molecular flexibility index (Phi) is 6.69. The molecule has 0 atom stereocenters. The summed E-state index contributed by atoms with van der Waals surface area (Å²) in [5.74, 6) is 1.11. The van der Waals surface area contributed by atoms with Gasteiger partial charge in [-0.2, -0.15) is 0 Å². The lowest BCUT2D eigenvalue weighted by atomic mass is 9.86. The van der Waals surface area contributed by atoms with Gasteiger partial charge in [-0.05, 0) is 31.6 Å². The second-order valence-corrected chi connectivity index (χ2v) is 6.33. The quantitative estimate of drug-likeness (QED) is 0.394. The second kappa shape index (κ2) is 7.78. The molecule has 0 aliphatic heterocycles. The summed E-state index contributed by atoms with van der Waals surface area (Å²) in [6.45, 7) is 5.90. The smallest absolute Gasteiger partial charge is 0.0963 e. The molecule has 0 unspecified atom stereocenters. The molecule has 0 amide bonds. The Morgan fingerprint density at radius 1 is 1.22 bits per heavy atom. The molecule has 1 aliphatic carbocycles. The largest absolute Gasteiger partial charge is 0.387 e. The first-order valence-electron chi connectivity index (χ1n) is 7.44. The number of ether oxygens (including phenoxy) is 1. The van der Waals surface area contributed by atoms with Crippen LogP contribution in [-0.4, -0.2) is 19.0 Å². The number of nitrogens with one attached hydrogen (secondary N) is 1. The van der Waals surface area contributed by atoms with Crippen LogP contribution in [0.25, 0.3) is 0 Å². The maximum Gasteiger partial charge on any atom is 0.0963 e. The number of nitrogens with two attached hydrogens (primary N) is 1. The van der Waals surface area contributed by atoms with Crippen LogP contribution >= 0.6 is 0 Å². The predicted octanol–water partition coefficient (Wildman–Crippen LogP) is 3.72. The van der Waals surface area contributed by atoms with Crippen LogP contribution in [0, 0.1) is 16.7 Å². The molecule has 3 N–H and O–H groups in total. The van der Waals surface area contributed by atoms with Gasteiger partial charge in [-0.25, -0.2) is 0 Å². The molecule has 1 aliphatic rings. The van der Waals surface area contributed by atoms with Crippen LogP contribution in [0.2, 0.25) is 0 Å². The fraction of sp³-hybridized carbons (Fsp3) is 0.933. The van der Waals surface area contributed by atoms with E-state index in [4.69, 9.17) is 15.9 Å². The maximum atomic E-state index is 7.49. The zero-order valence-corrected chi connectivity index (χ0v) is 12.1.